The van der Waals surface area contributed by atoms with E-state index in [4.69, 9.17) is 5.11 Å². The Morgan fingerprint density at radius 1 is 1.44 bits per heavy atom. The van der Waals surface area contributed by atoms with E-state index in [1.54, 1.807) is 0 Å². The van der Waals surface area contributed by atoms with Crippen molar-refractivity contribution < 1.29 is 15.0 Å². The van der Waals surface area contributed by atoms with Crippen LogP contribution in [-0.4, -0.2) is 34.4 Å². The molecule has 1 fully saturated rings. The van der Waals surface area contributed by atoms with Crippen molar-refractivity contribution in [3.05, 3.63) is 0 Å². The highest BCUT2D eigenvalue weighted by molar-refractivity contribution is 5.70. The minimum Gasteiger partial charge on any atom is -0.481 e. The Hall–Kier alpha value is -0.610. The quantitative estimate of drug-likeness (QED) is 0.653. The molecule has 1 aliphatic rings. The lowest BCUT2D eigenvalue weighted by molar-refractivity contribution is -0.144. The highest BCUT2D eigenvalue weighted by atomic mass is 16.4. The van der Waals surface area contributed by atoms with Crippen LogP contribution in [0.4, 0.5) is 0 Å². The Labute approximate surface area is 110 Å². The summed E-state index contributed by atoms with van der Waals surface area (Å²) >= 11 is 0. The summed E-state index contributed by atoms with van der Waals surface area (Å²) < 4.78 is 0. The van der Waals surface area contributed by atoms with Crippen LogP contribution >= 0.6 is 0 Å². The number of hydrogen-bond acceptors (Lipinski definition) is 3. The van der Waals surface area contributed by atoms with Gasteiger partial charge >= 0.3 is 5.97 Å². The summed E-state index contributed by atoms with van der Waals surface area (Å²) in [5, 5.41) is 22.7. The van der Waals surface area contributed by atoms with E-state index in [-0.39, 0.29) is 5.92 Å². The minimum atomic E-state index is -0.721. The van der Waals surface area contributed by atoms with Crippen LogP contribution in [0.25, 0.3) is 0 Å². The molecule has 0 aromatic rings. The van der Waals surface area contributed by atoms with Crippen molar-refractivity contribution >= 4 is 5.97 Å². The monoisotopic (exact) mass is 257 g/mol. The van der Waals surface area contributed by atoms with Gasteiger partial charge in [-0.05, 0) is 39.0 Å². The van der Waals surface area contributed by atoms with Gasteiger partial charge in [0.15, 0.2) is 0 Å². The maximum atomic E-state index is 10.9. The number of aliphatic carboxylic acids is 1. The number of carbonyl (C=O) groups is 1. The van der Waals surface area contributed by atoms with Crippen LogP contribution in [0.15, 0.2) is 0 Å². The zero-order valence-corrected chi connectivity index (χ0v) is 11.6. The fraction of sp³-hybridized carbons (Fsp3) is 0.929. The van der Waals surface area contributed by atoms with Gasteiger partial charge in [0.05, 0.1) is 11.5 Å². The van der Waals surface area contributed by atoms with E-state index >= 15 is 0 Å². The number of carboxylic acids is 1. The Kier molecular flexibility index (Phi) is 6.09. The van der Waals surface area contributed by atoms with Crippen LogP contribution in [0.3, 0.4) is 0 Å². The molecule has 1 rings (SSSR count). The van der Waals surface area contributed by atoms with E-state index in [9.17, 15) is 9.90 Å². The molecule has 0 radical (unpaired) electrons. The lowest BCUT2D eigenvalue weighted by Crippen LogP contribution is -2.46. The minimum absolute atomic E-state index is 0.261. The van der Waals surface area contributed by atoms with Crippen molar-refractivity contribution in [2.75, 3.05) is 6.54 Å². The molecule has 1 aliphatic carbocycles. The Morgan fingerprint density at radius 2 is 2.06 bits per heavy atom. The number of nitrogens with one attached hydrogen (secondary N) is 1. The molecule has 106 valence electrons. The Morgan fingerprint density at radius 3 is 2.56 bits per heavy atom. The fourth-order valence-corrected chi connectivity index (χ4v) is 2.56. The molecule has 0 saturated heterocycles. The second-order valence-electron chi connectivity index (χ2n) is 5.76. The second-order valence-corrected chi connectivity index (χ2v) is 5.76. The summed E-state index contributed by atoms with van der Waals surface area (Å²) in [6.45, 7) is 4.90. The molecule has 4 heteroatoms. The molecule has 0 bridgehead atoms. The van der Waals surface area contributed by atoms with Gasteiger partial charge in [0.1, 0.15) is 0 Å². The van der Waals surface area contributed by atoms with Gasteiger partial charge in [-0.15, -0.1) is 0 Å². The van der Waals surface area contributed by atoms with Crippen molar-refractivity contribution in [1.29, 1.82) is 0 Å². The van der Waals surface area contributed by atoms with E-state index in [1.165, 1.54) is 12.8 Å². The molecule has 1 unspecified atom stereocenters. The van der Waals surface area contributed by atoms with Crippen LogP contribution in [0, 0.1) is 5.92 Å². The summed E-state index contributed by atoms with van der Waals surface area (Å²) in [5.74, 6) is -0.982. The van der Waals surface area contributed by atoms with Gasteiger partial charge in [0.25, 0.3) is 0 Å². The molecule has 18 heavy (non-hydrogen) atoms. The number of aliphatic hydroxyl groups is 1. The topological polar surface area (TPSA) is 69.6 Å². The average Bonchev–Trinajstić information content (AvgIpc) is 2.34. The van der Waals surface area contributed by atoms with Crippen LogP contribution < -0.4 is 5.32 Å². The molecule has 0 aliphatic heterocycles. The predicted molar refractivity (Wildman–Crippen MR) is 71.5 cm³/mol. The maximum absolute atomic E-state index is 10.9. The summed E-state index contributed by atoms with van der Waals surface area (Å²) in [6.07, 6.45) is 5.90. The van der Waals surface area contributed by atoms with Crippen molar-refractivity contribution in [2.24, 2.45) is 5.92 Å². The van der Waals surface area contributed by atoms with Crippen LogP contribution in [0.2, 0.25) is 0 Å². The third-order valence-electron chi connectivity index (χ3n) is 4.04. The summed E-state index contributed by atoms with van der Waals surface area (Å²) in [5.41, 5.74) is -0.702. The van der Waals surface area contributed by atoms with E-state index < -0.39 is 11.6 Å². The van der Waals surface area contributed by atoms with E-state index in [1.807, 2.05) is 0 Å². The largest absolute Gasteiger partial charge is 0.481 e. The molecule has 0 aromatic carbocycles. The van der Waals surface area contributed by atoms with Crippen LogP contribution in [0.5, 0.6) is 0 Å². The molecule has 3 N–H and O–H groups in total. The van der Waals surface area contributed by atoms with Crippen molar-refractivity contribution in [2.45, 2.75) is 70.4 Å². The second kappa shape index (κ2) is 7.10. The first-order chi connectivity index (χ1) is 8.47. The van der Waals surface area contributed by atoms with Gasteiger partial charge in [0.2, 0.25) is 0 Å². The van der Waals surface area contributed by atoms with Crippen molar-refractivity contribution in [3.63, 3.8) is 0 Å². The average molecular weight is 257 g/mol. The smallest absolute Gasteiger partial charge is 0.306 e. The first-order valence-electron chi connectivity index (χ1n) is 7.15. The van der Waals surface area contributed by atoms with Gasteiger partial charge < -0.3 is 15.5 Å². The number of unbranched alkanes of at least 4 members (excludes halogenated alkanes) is 1. The van der Waals surface area contributed by atoms with Gasteiger partial charge in [-0.1, -0.05) is 19.8 Å². The van der Waals surface area contributed by atoms with Gasteiger partial charge in [0, 0.05) is 12.6 Å². The molecule has 0 spiro atoms. The Bertz CT molecular complexity index is 260. The zero-order valence-electron chi connectivity index (χ0n) is 11.6. The van der Waals surface area contributed by atoms with Gasteiger partial charge in [-0.2, -0.15) is 0 Å². The van der Waals surface area contributed by atoms with Gasteiger partial charge in [-0.3, -0.25) is 4.79 Å². The number of carboxylic acid groups (broad SMARTS) is 1. The first kappa shape index (κ1) is 15.4. The number of rotatable bonds is 7. The third kappa shape index (κ3) is 4.94. The highest BCUT2D eigenvalue weighted by Crippen LogP contribution is 2.31. The van der Waals surface area contributed by atoms with Crippen molar-refractivity contribution in [1.82, 2.24) is 5.32 Å². The number of hydrogen-bond donors (Lipinski definition) is 3. The SMILES string of the molecule is CCCCC(C)NCC1(O)CCC(C(=O)O)CC1. The normalized spacial score (nSPS) is 30.1. The van der Waals surface area contributed by atoms with E-state index in [2.05, 4.69) is 19.2 Å². The highest BCUT2D eigenvalue weighted by Gasteiger charge is 2.35. The fourth-order valence-electron chi connectivity index (χ4n) is 2.56. The lowest BCUT2D eigenvalue weighted by Gasteiger charge is -2.35. The molecule has 1 atom stereocenters. The van der Waals surface area contributed by atoms with Crippen molar-refractivity contribution in [3.8, 4) is 0 Å². The molecule has 0 amide bonds. The molecule has 0 heterocycles. The van der Waals surface area contributed by atoms with Gasteiger partial charge in [-0.25, -0.2) is 0 Å². The summed E-state index contributed by atoms with van der Waals surface area (Å²) in [7, 11) is 0. The van der Waals surface area contributed by atoms with Crippen LogP contribution in [0.1, 0.15) is 58.8 Å². The van der Waals surface area contributed by atoms with E-state index in [0.717, 1.165) is 6.42 Å². The third-order valence-corrected chi connectivity index (χ3v) is 4.04. The molecule has 1 saturated carbocycles. The molecule has 0 aromatic heterocycles. The lowest BCUT2D eigenvalue weighted by atomic mass is 9.78. The molecular weight excluding hydrogens is 230 g/mol. The Balaban J connectivity index is 2.27. The molecule has 4 nitrogen and oxygen atoms in total. The maximum Gasteiger partial charge on any atom is 0.306 e. The van der Waals surface area contributed by atoms with Crippen LogP contribution in [-0.2, 0) is 4.79 Å². The predicted octanol–water partition coefficient (Wildman–Crippen LogP) is 2.16. The standard InChI is InChI=1S/C14H27NO3/c1-3-4-5-11(2)15-10-14(18)8-6-12(7-9-14)13(16)17/h11-12,15,18H,3-10H2,1-2H3,(H,16,17). The molecular formula is C14H27NO3. The first-order valence-corrected chi connectivity index (χ1v) is 7.15. The zero-order chi connectivity index (χ0) is 13.6. The summed E-state index contributed by atoms with van der Waals surface area (Å²) in [6, 6.07) is 0.422. The summed E-state index contributed by atoms with van der Waals surface area (Å²) in [4.78, 5) is 10.9. The van der Waals surface area contributed by atoms with E-state index in [0.29, 0.717) is 38.3 Å².